The van der Waals surface area contributed by atoms with Crippen molar-refractivity contribution in [2.45, 2.75) is 0 Å². The molecule has 0 spiro atoms. The molecule has 0 saturated carbocycles. The maximum atomic E-state index is 11.7. The molecule has 0 N–H and O–H groups in total. The van der Waals surface area contributed by atoms with Crippen molar-refractivity contribution < 1.29 is 28.2 Å². The first-order chi connectivity index (χ1) is 10.4. The van der Waals surface area contributed by atoms with Gasteiger partial charge in [0, 0.05) is 12.1 Å². The van der Waals surface area contributed by atoms with Crippen molar-refractivity contribution in [2.24, 2.45) is 0 Å². The number of para-hydroxylation sites is 1. The van der Waals surface area contributed by atoms with Crippen LogP contribution in [0.4, 0.5) is 5.69 Å². The van der Waals surface area contributed by atoms with Crippen molar-refractivity contribution >= 4 is 19.5 Å². The summed E-state index contributed by atoms with van der Waals surface area (Å²) in [4.78, 5) is 33.3. The number of hydrogen-bond donors (Lipinski definition) is 0. The number of phosphoric ester groups is 1. The van der Waals surface area contributed by atoms with Crippen molar-refractivity contribution in [2.75, 3.05) is 0 Å². The molecule has 0 aliphatic carbocycles. The lowest BCUT2D eigenvalue weighted by Gasteiger charge is -2.22. The molecule has 1 unspecified atom stereocenters. The van der Waals surface area contributed by atoms with Gasteiger partial charge in [-0.1, -0.05) is 24.3 Å². The second-order valence-electron chi connectivity index (χ2n) is 4.04. The maximum absolute atomic E-state index is 11.7. The maximum Gasteiger partial charge on any atom is 0.374 e. The minimum Gasteiger partial charge on any atom is -0.736 e. The highest BCUT2D eigenvalue weighted by Gasteiger charge is 2.20. The Balaban J connectivity index is 2.12. The molecule has 0 aromatic heterocycles. The quantitative estimate of drug-likeness (QED) is 0.470. The van der Waals surface area contributed by atoms with Crippen LogP contribution in [-0.4, -0.2) is 10.9 Å². The van der Waals surface area contributed by atoms with Gasteiger partial charge in [0.25, 0.3) is 5.69 Å². The summed E-state index contributed by atoms with van der Waals surface area (Å²) >= 11 is 0. The van der Waals surface area contributed by atoms with Crippen LogP contribution in [0.15, 0.2) is 54.6 Å². The topological polar surface area (TPSA) is 119 Å². The van der Waals surface area contributed by atoms with Gasteiger partial charge in [0.05, 0.1) is 10.5 Å². The van der Waals surface area contributed by atoms with E-state index in [2.05, 4.69) is 9.05 Å². The van der Waals surface area contributed by atoms with Crippen molar-refractivity contribution in [3.05, 3.63) is 70.3 Å². The van der Waals surface area contributed by atoms with Gasteiger partial charge in [0.2, 0.25) is 0 Å². The number of nitro benzene ring substituents is 1. The van der Waals surface area contributed by atoms with Crippen molar-refractivity contribution in [3.63, 3.8) is 0 Å². The zero-order valence-electron chi connectivity index (χ0n) is 10.9. The van der Waals surface area contributed by atoms with Crippen LogP contribution in [0.3, 0.4) is 0 Å². The van der Waals surface area contributed by atoms with Crippen LogP contribution in [0.25, 0.3) is 0 Å². The lowest BCUT2D eigenvalue weighted by atomic mass is 10.2. The Morgan fingerprint density at radius 2 is 1.77 bits per heavy atom. The van der Waals surface area contributed by atoms with Gasteiger partial charge in [0.1, 0.15) is 5.75 Å². The summed E-state index contributed by atoms with van der Waals surface area (Å²) in [5, 5.41) is 10.6. The first-order valence-electron chi connectivity index (χ1n) is 5.91. The van der Waals surface area contributed by atoms with Crippen LogP contribution < -0.4 is 9.42 Å². The summed E-state index contributed by atoms with van der Waals surface area (Å²) < 4.78 is 20.5. The molecule has 0 aliphatic heterocycles. The molecule has 0 fully saturated rings. The summed E-state index contributed by atoms with van der Waals surface area (Å²) in [6.45, 7) is 0. The van der Waals surface area contributed by atoms with Crippen LogP contribution in [-0.2, 0) is 9.09 Å². The standard InChI is InChI=1S/C13H10NO7P/c15-13(10-5-4-6-11(9-10)14(16)17)21-22(18,19)20-12-7-2-1-3-8-12/h1-9H,(H,18,19)/p-1. The molecular weight excluding hydrogens is 313 g/mol. The average molecular weight is 322 g/mol. The van der Waals surface area contributed by atoms with Gasteiger partial charge in [-0.2, -0.15) is 0 Å². The molecule has 0 bridgehead atoms. The third kappa shape index (κ3) is 4.15. The Kier molecular flexibility index (Phi) is 4.55. The lowest BCUT2D eigenvalue weighted by Crippen LogP contribution is -2.15. The van der Waals surface area contributed by atoms with Gasteiger partial charge in [0.15, 0.2) is 0 Å². The molecule has 0 heterocycles. The molecule has 0 aliphatic rings. The molecule has 22 heavy (non-hydrogen) atoms. The van der Waals surface area contributed by atoms with Gasteiger partial charge in [-0.05, 0) is 18.2 Å². The number of carbonyl (C=O) groups excluding carboxylic acids is 1. The van der Waals surface area contributed by atoms with Crippen molar-refractivity contribution in [3.8, 4) is 5.75 Å². The minimum absolute atomic E-state index is 0.0207. The molecule has 0 saturated heterocycles. The van der Waals surface area contributed by atoms with Crippen LogP contribution in [0.5, 0.6) is 5.75 Å². The minimum atomic E-state index is -4.94. The second kappa shape index (κ2) is 6.38. The summed E-state index contributed by atoms with van der Waals surface area (Å²) in [6, 6.07) is 12.0. The summed E-state index contributed by atoms with van der Waals surface area (Å²) in [7, 11) is -4.94. The van der Waals surface area contributed by atoms with E-state index < -0.39 is 18.7 Å². The fraction of sp³-hybridized carbons (Fsp3) is 0. The van der Waals surface area contributed by atoms with E-state index in [4.69, 9.17) is 0 Å². The predicted molar refractivity (Wildman–Crippen MR) is 73.2 cm³/mol. The molecule has 2 aromatic carbocycles. The van der Waals surface area contributed by atoms with E-state index in [1.54, 1.807) is 6.07 Å². The van der Waals surface area contributed by atoms with Gasteiger partial charge in [-0.15, -0.1) is 0 Å². The van der Waals surface area contributed by atoms with Gasteiger partial charge < -0.3 is 13.9 Å². The Morgan fingerprint density at radius 3 is 2.41 bits per heavy atom. The number of hydrogen-bond acceptors (Lipinski definition) is 7. The fourth-order valence-electron chi connectivity index (χ4n) is 1.53. The highest BCUT2D eigenvalue weighted by molar-refractivity contribution is 7.47. The molecule has 114 valence electrons. The summed E-state index contributed by atoms with van der Waals surface area (Å²) in [5.74, 6) is -1.29. The average Bonchev–Trinajstić information content (AvgIpc) is 2.47. The Hall–Kier alpha value is -2.70. The highest BCUT2D eigenvalue weighted by Crippen LogP contribution is 2.40. The molecule has 2 aromatic rings. The number of phosphoric acid groups is 1. The Bertz CT molecular complexity index is 747. The molecule has 0 amide bonds. The van der Waals surface area contributed by atoms with Crippen LogP contribution in [0.1, 0.15) is 10.4 Å². The van der Waals surface area contributed by atoms with E-state index in [1.807, 2.05) is 0 Å². The first-order valence-corrected chi connectivity index (χ1v) is 7.37. The second-order valence-corrected chi connectivity index (χ2v) is 5.30. The highest BCUT2D eigenvalue weighted by atomic mass is 31.2. The number of nitrogens with zero attached hydrogens (tertiary/aromatic N) is 1. The van der Waals surface area contributed by atoms with Gasteiger partial charge in [-0.3, -0.25) is 10.1 Å². The smallest absolute Gasteiger partial charge is 0.374 e. The Morgan fingerprint density at radius 1 is 1.09 bits per heavy atom. The predicted octanol–water partition coefficient (Wildman–Crippen LogP) is 2.30. The molecule has 9 heteroatoms. The van der Waals surface area contributed by atoms with Gasteiger partial charge >= 0.3 is 13.8 Å². The molecule has 0 radical (unpaired) electrons. The molecule has 2 rings (SSSR count). The van der Waals surface area contributed by atoms with E-state index in [0.29, 0.717) is 0 Å². The van der Waals surface area contributed by atoms with Crippen LogP contribution >= 0.6 is 7.82 Å². The molecular formula is C13H9NO7P-. The number of non-ortho nitro benzene ring substituents is 1. The molecule has 1 atom stereocenters. The SMILES string of the molecule is O=C(OP(=O)([O-])Oc1ccccc1)c1cccc([N+](=O)[O-])c1. The third-order valence-corrected chi connectivity index (χ3v) is 3.27. The Labute approximate surface area is 124 Å². The van der Waals surface area contributed by atoms with Crippen molar-refractivity contribution in [1.82, 2.24) is 0 Å². The number of carbonyl (C=O) groups is 1. The third-order valence-electron chi connectivity index (χ3n) is 2.45. The number of rotatable bonds is 5. The van der Waals surface area contributed by atoms with Crippen molar-refractivity contribution in [1.29, 1.82) is 0 Å². The van der Waals surface area contributed by atoms with E-state index in [1.165, 1.54) is 36.4 Å². The number of benzene rings is 2. The fourth-order valence-corrected chi connectivity index (χ4v) is 2.26. The largest absolute Gasteiger partial charge is 0.736 e. The van der Waals surface area contributed by atoms with E-state index in [-0.39, 0.29) is 17.0 Å². The zero-order valence-corrected chi connectivity index (χ0v) is 11.8. The van der Waals surface area contributed by atoms with E-state index >= 15 is 0 Å². The van der Waals surface area contributed by atoms with E-state index in [0.717, 1.165) is 12.1 Å². The van der Waals surface area contributed by atoms with E-state index in [9.17, 15) is 24.4 Å². The van der Waals surface area contributed by atoms with Crippen LogP contribution in [0, 0.1) is 10.1 Å². The monoisotopic (exact) mass is 322 g/mol. The number of nitro groups is 1. The molecule has 8 nitrogen and oxygen atoms in total. The zero-order chi connectivity index (χ0) is 16.2. The summed E-state index contributed by atoms with van der Waals surface area (Å²) in [6.07, 6.45) is 0. The lowest BCUT2D eigenvalue weighted by molar-refractivity contribution is -0.384. The van der Waals surface area contributed by atoms with Gasteiger partial charge in [-0.25, -0.2) is 9.36 Å². The first kappa shape index (κ1) is 15.7. The summed E-state index contributed by atoms with van der Waals surface area (Å²) in [5.41, 5.74) is -0.638. The van der Waals surface area contributed by atoms with Crippen LogP contribution in [0.2, 0.25) is 0 Å². The normalized spacial score (nSPS) is 13.0.